The lowest BCUT2D eigenvalue weighted by Gasteiger charge is -2.25. The molecule has 0 saturated carbocycles. The van der Waals surface area contributed by atoms with Crippen LogP contribution in [-0.2, 0) is 60.8 Å². The number of nitrogens with two attached hydrogens (primary N) is 1. The summed E-state index contributed by atoms with van der Waals surface area (Å²) in [5, 5.41) is 16.3. The van der Waals surface area contributed by atoms with E-state index < -0.39 is 53.6 Å². The quantitative estimate of drug-likeness (QED) is 0.0190. The molecule has 0 saturated heterocycles. The molecule has 8 amide bonds. The number of nitrogens with zero attached hydrogens (tertiary/aromatic N) is 5. The van der Waals surface area contributed by atoms with Crippen molar-refractivity contribution in [3.05, 3.63) is 126 Å². The van der Waals surface area contributed by atoms with Crippen LogP contribution >= 0.6 is 0 Å². The Balaban J connectivity index is 0.808. The molecule has 26 nitrogen and oxygen atoms in total. The number of imidazole rings is 1. The zero-order chi connectivity index (χ0) is 62.8. The fourth-order valence-electron chi connectivity index (χ4n) is 8.59. The van der Waals surface area contributed by atoms with E-state index in [0.717, 1.165) is 22.7 Å². The van der Waals surface area contributed by atoms with Gasteiger partial charge in [-0.2, -0.15) is 0 Å². The fourth-order valence-corrected chi connectivity index (χ4v) is 8.59. The van der Waals surface area contributed by atoms with Gasteiger partial charge in [-0.3, -0.25) is 33.9 Å². The molecule has 88 heavy (non-hydrogen) atoms. The summed E-state index contributed by atoms with van der Waals surface area (Å²) in [5.41, 5.74) is 10.7. The highest BCUT2D eigenvalue weighted by Gasteiger charge is 2.29. The normalized spacial score (nSPS) is 12.7. The van der Waals surface area contributed by atoms with Gasteiger partial charge in [0.15, 0.2) is 0 Å². The highest BCUT2D eigenvalue weighted by Crippen LogP contribution is 2.32. The first-order valence-corrected chi connectivity index (χ1v) is 28.4. The van der Waals surface area contributed by atoms with E-state index in [1.54, 1.807) is 44.2 Å². The highest BCUT2D eigenvalue weighted by atomic mass is 19.1. The lowest BCUT2D eigenvalue weighted by Crippen LogP contribution is -2.54. The van der Waals surface area contributed by atoms with Crippen molar-refractivity contribution in [3.63, 3.8) is 0 Å². The van der Waals surface area contributed by atoms with Crippen LogP contribution in [0, 0.1) is 24.5 Å². The van der Waals surface area contributed by atoms with Gasteiger partial charge < -0.3 is 71.0 Å². The van der Waals surface area contributed by atoms with E-state index in [9.17, 15) is 42.3 Å². The number of pyridine rings is 1. The molecule has 0 bridgehead atoms. The Kier molecular flexibility index (Phi) is 25.5. The number of anilines is 2. The molecular formula is C60H71F2N13O13. The van der Waals surface area contributed by atoms with Crippen LogP contribution < -0.4 is 42.4 Å². The van der Waals surface area contributed by atoms with Crippen LogP contribution in [0.1, 0.15) is 50.2 Å². The minimum Gasteiger partial charge on any atom is -0.475 e. The Morgan fingerprint density at radius 1 is 0.739 bits per heavy atom. The van der Waals surface area contributed by atoms with Gasteiger partial charge in [0.1, 0.15) is 48.5 Å². The fraction of sp³-hybridized carbons (Fsp3) is 0.383. The van der Waals surface area contributed by atoms with Crippen LogP contribution in [0.15, 0.2) is 97.2 Å². The van der Waals surface area contributed by atoms with Crippen molar-refractivity contribution < 1.29 is 70.8 Å². The SMILES string of the molecule is Cc1cccc(-c2nc(CNc3ccc(F)cc3F)[nH]c2-c2ccc3ncc(OCCNC(=O)OCc4ccc(NC(=O)C(CCCNC(N)=O)NC(=O)[C@@H](NC(=O)CCOCCOCCOCCOCCN5C(=O)C=CC5=O)C(C)C)cc4)nc3c2)n1. The maximum absolute atomic E-state index is 14.4. The molecule has 6 aromatic rings. The number of alkyl carbamates (subject to hydrolysis) is 1. The van der Waals surface area contributed by atoms with Gasteiger partial charge in [0, 0.05) is 48.1 Å². The number of halogens is 2. The number of rotatable bonds is 36. The number of hydrogen-bond donors (Lipinski definition) is 8. The number of urea groups is 1. The Labute approximate surface area is 505 Å². The van der Waals surface area contributed by atoms with E-state index in [0.29, 0.717) is 70.6 Å². The number of ether oxygens (including phenoxy) is 6. The predicted octanol–water partition coefficient (Wildman–Crippen LogP) is 4.98. The molecule has 4 heterocycles. The van der Waals surface area contributed by atoms with E-state index in [4.69, 9.17) is 39.1 Å². The molecule has 0 aliphatic carbocycles. The Hall–Kier alpha value is -9.51. The van der Waals surface area contributed by atoms with Crippen molar-refractivity contribution >= 4 is 64.1 Å². The third kappa shape index (κ3) is 21.2. The molecule has 3 aromatic heterocycles. The molecule has 1 unspecified atom stereocenters. The van der Waals surface area contributed by atoms with Gasteiger partial charge in [-0.1, -0.05) is 38.1 Å². The molecule has 28 heteroatoms. The number of aryl methyl sites for hydroxylation is 1. The number of carbonyl (C=O) groups is 7. The van der Waals surface area contributed by atoms with Crippen LogP contribution in [0.25, 0.3) is 33.7 Å². The van der Waals surface area contributed by atoms with Gasteiger partial charge in [0.05, 0.1) is 107 Å². The third-order valence-corrected chi connectivity index (χ3v) is 13.1. The summed E-state index contributed by atoms with van der Waals surface area (Å²) in [4.78, 5) is 110. The van der Waals surface area contributed by atoms with Crippen molar-refractivity contribution in [2.24, 2.45) is 11.7 Å². The Morgan fingerprint density at radius 2 is 1.45 bits per heavy atom. The summed E-state index contributed by atoms with van der Waals surface area (Å²) < 4.78 is 61.0. The number of carbonyl (C=O) groups excluding carboxylic acids is 7. The number of H-pyrrole nitrogens is 1. The van der Waals surface area contributed by atoms with E-state index in [1.165, 1.54) is 24.4 Å². The minimum atomic E-state index is -1.08. The maximum Gasteiger partial charge on any atom is 0.407 e. The average Bonchev–Trinajstić information content (AvgIpc) is 3.69. The van der Waals surface area contributed by atoms with E-state index >= 15 is 0 Å². The zero-order valence-corrected chi connectivity index (χ0v) is 48.9. The largest absolute Gasteiger partial charge is 0.475 e. The molecule has 0 radical (unpaired) electrons. The van der Waals surface area contributed by atoms with Crippen molar-refractivity contribution in [2.45, 2.75) is 65.3 Å². The van der Waals surface area contributed by atoms with Gasteiger partial charge in [-0.15, -0.1) is 0 Å². The second-order valence-corrected chi connectivity index (χ2v) is 20.1. The first-order chi connectivity index (χ1) is 42.5. The smallest absolute Gasteiger partial charge is 0.407 e. The van der Waals surface area contributed by atoms with Crippen molar-refractivity contribution in [1.29, 1.82) is 0 Å². The summed E-state index contributed by atoms with van der Waals surface area (Å²) in [6.45, 7) is 7.64. The van der Waals surface area contributed by atoms with Crippen molar-refractivity contribution in [1.82, 2.24) is 51.1 Å². The van der Waals surface area contributed by atoms with Crippen LogP contribution in [0.3, 0.4) is 0 Å². The molecule has 468 valence electrons. The summed E-state index contributed by atoms with van der Waals surface area (Å²) in [7, 11) is 0. The van der Waals surface area contributed by atoms with Crippen molar-refractivity contribution in [3.8, 4) is 28.5 Å². The Bertz CT molecular complexity index is 3370. The Morgan fingerprint density at radius 3 is 2.15 bits per heavy atom. The second-order valence-electron chi connectivity index (χ2n) is 20.1. The number of primary amides is 1. The van der Waals surface area contributed by atoms with Gasteiger partial charge in [0.2, 0.25) is 23.6 Å². The van der Waals surface area contributed by atoms with Crippen molar-refractivity contribution in [2.75, 3.05) is 89.7 Å². The molecular weight excluding hydrogens is 1150 g/mol. The topological polar surface area (TPSA) is 344 Å². The first-order valence-electron chi connectivity index (χ1n) is 28.4. The molecule has 2 atom stereocenters. The number of nitrogens with one attached hydrogen (secondary N) is 7. The van der Waals surface area contributed by atoms with E-state index in [2.05, 4.69) is 51.8 Å². The number of benzene rings is 3. The maximum atomic E-state index is 14.4. The van der Waals surface area contributed by atoms with Gasteiger partial charge in [0.25, 0.3) is 11.8 Å². The van der Waals surface area contributed by atoms with Gasteiger partial charge in [-0.25, -0.2) is 33.3 Å². The van der Waals surface area contributed by atoms with Gasteiger partial charge in [-0.05, 0) is 79.8 Å². The minimum absolute atomic E-state index is 0.0261. The van der Waals surface area contributed by atoms with Crippen LogP contribution in [0.5, 0.6) is 5.88 Å². The average molecular weight is 1220 g/mol. The van der Waals surface area contributed by atoms with E-state index in [-0.39, 0.29) is 121 Å². The lowest BCUT2D eigenvalue weighted by atomic mass is 10.0. The lowest BCUT2D eigenvalue weighted by molar-refractivity contribution is -0.137. The summed E-state index contributed by atoms with van der Waals surface area (Å²) in [6.07, 6.45) is 3.52. The standard InChI is InChI=1S/C60H71F2N13O13/c1-37(2)54(74-50(76)19-23-83-26-28-85-30-31-86-29-27-84-25-22-75-52(77)17-18-53(75)78)58(80)71-47(8-5-20-64-59(63)81)57(79)69-42-13-9-39(10-14-42)36-88-60(82)65-21-24-87-51-35-67-45-15-11-40(32-48(45)70-51)55-56(46-7-4-6-38(3)68-46)73-49(72-55)34-66-44-16-12-41(61)33-43(44)62/h4,6-7,9-18,32-33,35,37,47,54,66H,5,8,19-31,34,36H2,1-3H3,(H,65,82)(H,69,79)(H,71,80)(H,72,73)(H,74,76)(H3,63,64,81)/t47?,54-/m0/s1. The number of fused-ring (bicyclic) bond motifs is 1. The molecule has 7 rings (SSSR count). The molecule has 3 aromatic carbocycles. The number of aromatic amines is 1. The second kappa shape index (κ2) is 34.0. The van der Waals surface area contributed by atoms with Crippen LogP contribution in [0.4, 0.5) is 29.7 Å². The molecule has 1 aliphatic heterocycles. The summed E-state index contributed by atoms with van der Waals surface area (Å²) in [5.74, 6) is -3.44. The number of amides is 8. The molecule has 9 N–H and O–H groups in total. The number of aromatic nitrogens is 5. The third-order valence-electron chi connectivity index (χ3n) is 13.1. The molecule has 1 aliphatic rings. The van der Waals surface area contributed by atoms with Crippen LogP contribution in [0.2, 0.25) is 0 Å². The monoisotopic (exact) mass is 1220 g/mol. The summed E-state index contributed by atoms with van der Waals surface area (Å²) in [6, 6.07) is 18.0. The van der Waals surface area contributed by atoms with E-state index in [1.807, 2.05) is 37.3 Å². The summed E-state index contributed by atoms with van der Waals surface area (Å²) >= 11 is 0. The first kappa shape index (κ1) is 66.0. The number of hydrogen-bond acceptors (Lipinski definition) is 18. The predicted molar refractivity (Wildman–Crippen MR) is 317 cm³/mol. The number of imide groups is 1. The van der Waals surface area contributed by atoms with Crippen LogP contribution in [-0.4, -0.2) is 163 Å². The van der Waals surface area contributed by atoms with Gasteiger partial charge >= 0.3 is 12.1 Å². The highest BCUT2D eigenvalue weighted by molar-refractivity contribution is 6.12. The molecule has 0 fully saturated rings. The molecule has 0 spiro atoms. The zero-order valence-electron chi connectivity index (χ0n) is 48.9.